The van der Waals surface area contributed by atoms with E-state index in [1.54, 1.807) is 0 Å². The molecule has 0 spiro atoms. The van der Waals surface area contributed by atoms with Gasteiger partial charge in [-0.05, 0) is 18.4 Å². The molecule has 0 amide bonds. The van der Waals surface area contributed by atoms with E-state index in [2.05, 4.69) is 0 Å². The molecule has 3 nitrogen and oxygen atoms in total. The Kier molecular flexibility index (Phi) is 3.37. The molecule has 18 heavy (non-hydrogen) atoms. The van der Waals surface area contributed by atoms with E-state index in [0.717, 1.165) is 36.8 Å². The van der Waals surface area contributed by atoms with Gasteiger partial charge in [0.25, 0.3) is 0 Å². The standard InChI is InChI=1S/C15H20O3/c16-15(8-4-1-5-9-15)13-7-3-2-6-12(13)14-17-10-11-18-14/h2-3,6-7,14,16H,1,4-5,8-11H2. The molecule has 1 heterocycles. The van der Waals surface area contributed by atoms with Crippen molar-refractivity contribution in [3.63, 3.8) is 0 Å². The van der Waals surface area contributed by atoms with Crippen molar-refractivity contribution in [3.05, 3.63) is 35.4 Å². The third-order valence-electron chi connectivity index (χ3n) is 4.02. The van der Waals surface area contributed by atoms with Crippen LogP contribution in [0.1, 0.15) is 49.5 Å². The minimum absolute atomic E-state index is 0.299. The summed E-state index contributed by atoms with van der Waals surface area (Å²) in [5.74, 6) is 0. The van der Waals surface area contributed by atoms with Crippen LogP contribution in [0, 0.1) is 0 Å². The fraction of sp³-hybridized carbons (Fsp3) is 0.600. The maximum Gasteiger partial charge on any atom is 0.184 e. The Bertz CT molecular complexity index is 404. The highest BCUT2D eigenvalue weighted by Gasteiger charge is 2.35. The summed E-state index contributed by atoms with van der Waals surface area (Å²) in [6.07, 6.45) is 4.80. The summed E-state index contributed by atoms with van der Waals surface area (Å²) in [5.41, 5.74) is 1.31. The summed E-state index contributed by atoms with van der Waals surface area (Å²) < 4.78 is 11.2. The Morgan fingerprint density at radius 2 is 1.67 bits per heavy atom. The molecule has 3 heteroatoms. The lowest BCUT2D eigenvalue weighted by atomic mass is 9.78. The first-order valence-corrected chi connectivity index (χ1v) is 6.85. The van der Waals surface area contributed by atoms with E-state index in [9.17, 15) is 5.11 Å². The Morgan fingerprint density at radius 1 is 1.00 bits per heavy atom. The zero-order chi connectivity index (χ0) is 12.4. The number of hydrogen-bond acceptors (Lipinski definition) is 3. The van der Waals surface area contributed by atoms with Crippen molar-refractivity contribution in [1.29, 1.82) is 0 Å². The van der Waals surface area contributed by atoms with Crippen LogP contribution in [0.5, 0.6) is 0 Å². The van der Waals surface area contributed by atoms with Crippen LogP contribution in [0.25, 0.3) is 0 Å². The number of hydrogen-bond donors (Lipinski definition) is 1. The highest BCUT2D eigenvalue weighted by molar-refractivity contribution is 5.34. The molecular formula is C15H20O3. The van der Waals surface area contributed by atoms with Crippen LogP contribution in [-0.2, 0) is 15.1 Å². The van der Waals surface area contributed by atoms with Gasteiger partial charge >= 0.3 is 0 Å². The van der Waals surface area contributed by atoms with Crippen molar-refractivity contribution in [2.45, 2.75) is 44.0 Å². The summed E-state index contributed by atoms with van der Waals surface area (Å²) in [6, 6.07) is 8.00. The third-order valence-corrected chi connectivity index (χ3v) is 4.02. The van der Waals surface area contributed by atoms with Gasteiger partial charge in [0.1, 0.15) is 0 Å². The Balaban J connectivity index is 1.95. The number of aliphatic hydroxyl groups is 1. The van der Waals surface area contributed by atoms with Gasteiger partial charge in [-0.3, -0.25) is 0 Å². The van der Waals surface area contributed by atoms with Crippen molar-refractivity contribution in [2.75, 3.05) is 13.2 Å². The van der Waals surface area contributed by atoms with Gasteiger partial charge in [0.2, 0.25) is 0 Å². The highest BCUT2D eigenvalue weighted by Crippen LogP contribution is 2.41. The van der Waals surface area contributed by atoms with Gasteiger partial charge in [0.05, 0.1) is 18.8 Å². The second-order valence-electron chi connectivity index (χ2n) is 5.25. The van der Waals surface area contributed by atoms with Gasteiger partial charge < -0.3 is 14.6 Å². The van der Waals surface area contributed by atoms with Crippen molar-refractivity contribution < 1.29 is 14.6 Å². The molecule has 0 aromatic heterocycles. The molecule has 2 aliphatic rings. The molecule has 0 unspecified atom stereocenters. The van der Waals surface area contributed by atoms with E-state index in [1.807, 2.05) is 24.3 Å². The Labute approximate surface area is 108 Å². The molecule has 3 rings (SSSR count). The van der Waals surface area contributed by atoms with Gasteiger partial charge in [-0.2, -0.15) is 0 Å². The molecule has 1 saturated carbocycles. The molecule has 1 aliphatic carbocycles. The van der Waals surface area contributed by atoms with Crippen LogP contribution >= 0.6 is 0 Å². The maximum absolute atomic E-state index is 10.9. The summed E-state index contributed by atoms with van der Waals surface area (Å²) in [6.45, 7) is 1.27. The Morgan fingerprint density at radius 3 is 2.39 bits per heavy atom. The summed E-state index contributed by atoms with van der Waals surface area (Å²) in [5, 5.41) is 10.9. The van der Waals surface area contributed by atoms with Crippen molar-refractivity contribution in [1.82, 2.24) is 0 Å². The maximum atomic E-state index is 10.9. The monoisotopic (exact) mass is 248 g/mol. The second-order valence-corrected chi connectivity index (χ2v) is 5.25. The molecule has 98 valence electrons. The van der Waals surface area contributed by atoms with E-state index in [-0.39, 0.29) is 6.29 Å². The van der Waals surface area contributed by atoms with Crippen LogP contribution in [0.15, 0.2) is 24.3 Å². The summed E-state index contributed by atoms with van der Waals surface area (Å²) in [7, 11) is 0. The van der Waals surface area contributed by atoms with Crippen LogP contribution in [0.2, 0.25) is 0 Å². The van der Waals surface area contributed by atoms with Crippen molar-refractivity contribution in [3.8, 4) is 0 Å². The van der Waals surface area contributed by atoms with Crippen molar-refractivity contribution >= 4 is 0 Å². The van der Waals surface area contributed by atoms with Crippen LogP contribution in [-0.4, -0.2) is 18.3 Å². The fourth-order valence-corrected chi connectivity index (χ4v) is 3.07. The number of benzene rings is 1. The lowest BCUT2D eigenvalue weighted by Crippen LogP contribution is -2.30. The molecule has 0 bridgehead atoms. The number of rotatable bonds is 2. The quantitative estimate of drug-likeness (QED) is 0.874. The van der Waals surface area contributed by atoms with E-state index in [0.29, 0.717) is 13.2 Å². The van der Waals surface area contributed by atoms with Gasteiger partial charge in [-0.25, -0.2) is 0 Å². The molecule has 1 saturated heterocycles. The van der Waals surface area contributed by atoms with Crippen molar-refractivity contribution in [2.24, 2.45) is 0 Å². The lowest BCUT2D eigenvalue weighted by Gasteiger charge is -2.34. The number of ether oxygens (including phenoxy) is 2. The van der Waals surface area contributed by atoms with Gasteiger partial charge in [-0.15, -0.1) is 0 Å². The van der Waals surface area contributed by atoms with E-state index >= 15 is 0 Å². The molecule has 2 fully saturated rings. The molecule has 1 aromatic carbocycles. The minimum Gasteiger partial charge on any atom is -0.385 e. The van der Waals surface area contributed by atoms with Gasteiger partial charge in [-0.1, -0.05) is 43.5 Å². The second kappa shape index (κ2) is 5.00. The third kappa shape index (κ3) is 2.18. The zero-order valence-corrected chi connectivity index (χ0v) is 10.6. The first kappa shape index (κ1) is 12.2. The largest absolute Gasteiger partial charge is 0.385 e. The first-order chi connectivity index (χ1) is 8.80. The van der Waals surface area contributed by atoms with Gasteiger partial charge in [0.15, 0.2) is 6.29 Å². The lowest BCUT2D eigenvalue weighted by molar-refractivity contribution is -0.0529. The summed E-state index contributed by atoms with van der Waals surface area (Å²) in [4.78, 5) is 0. The average molecular weight is 248 g/mol. The molecule has 1 aliphatic heterocycles. The van der Waals surface area contributed by atoms with Crippen LogP contribution in [0.4, 0.5) is 0 Å². The van der Waals surface area contributed by atoms with Crippen LogP contribution in [0.3, 0.4) is 0 Å². The molecule has 1 aromatic rings. The molecule has 0 radical (unpaired) electrons. The zero-order valence-electron chi connectivity index (χ0n) is 10.6. The van der Waals surface area contributed by atoms with Gasteiger partial charge in [0, 0.05) is 5.56 Å². The highest BCUT2D eigenvalue weighted by atomic mass is 16.7. The van der Waals surface area contributed by atoms with Crippen LogP contribution < -0.4 is 0 Å². The smallest absolute Gasteiger partial charge is 0.184 e. The summed E-state index contributed by atoms with van der Waals surface area (Å²) >= 11 is 0. The van der Waals surface area contributed by atoms with E-state index < -0.39 is 5.60 Å². The minimum atomic E-state index is -0.690. The SMILES string of the molecule is OC1(c2ccccc2C2OCCO2)CCCCC1. The average Bonchev–Trinajstić information content (AvgIpc) is 2.93. The molecule has 1 N–H and O–H groups in total. The Hall–Kier alpha value is -0.900. The molecular weight excluding hydrogens is 228 g/mol. The van der Waals surface area contributed by atoms with E-state index in [4.69, 9.17) is 9.47 Å². The predicted octanol–water partition coefficient (Wildman–Crippen LogP) is 2.88. The van der Waals surface area contributed by atoms with E-state index in [1.165, 1.54) is 6.42 Å². The topological polar surface area (TPSA) is 38.7 Å². The first-order valence-electron chi connectivity index (χ1n) is 6.85. The normalized spacial score (nSPS) is 24.3. The predicted molar refractivity (Wildman–Crippen MR) is 68.1 cm³/mol. The fourth-order valence-electron chi connectivity index (χ4n) is 3.07. The molecule has 0 atom stereocenters.